The first-order valence-electron chi connectivity index (χ1n) is 7.17. The zero-order valence-corrected chi connectivity index (χ0v) is 13.2. The zero-order valence-electron chi connectivity index (χ0n) is 12.5. The minimum atomic E-state index is -0.469. The standard InChI is InChI=1S/C18H14ClNO3/c1-2-22-15-9-3-12(4-10-15)11-16-17(20-23-18(16)21)13-5-7-14(19)8-6-13/h3-11H,2H2,1H3/b16-11-. The van der Waals surface area contributed by atoms with E-state index >= 15 is 0 Å². The molecular formula is C18H14ClNO3. The molecule has 0 N–H and O–H groups in total. The molecular weight excluding hydrogens is 314 g/mol. The SMILES string of the molecule is CCOc1ccc(/C=C2\C(=O)ON=C2c2ccc(Cl)cc2)cc1. The van der Waals surface area contributed by atoms with Crippen molar-refractivity contribution in [3.8, 4) is 5.75 Å². The van der Waals surface area contributed by atoms with Crippen LogP contribution in [0.4, 0.5) is 0 Å². The molecule has 5 heteroatoms. The molecule has 0 unspecified atom stereocenters. The van der Waals surface area contributed by atoms with Crippen molar-refractivity contribution < 1.29 is 14.4 Å². The second kappa shape index (κ2) is 6.67. The summed E-state index contributed by atoms with van der Waals surface area (Å²) in [6, 6.07) is 14.6. The smallest absolute Gasteiger partial charge is 0.368 e. The van der Waals surface area contributed by atoms with E-state index < -0.39 is 5.97 Å². The number of benzene rings is 2. The molecule has 2 aromatic rings. The van der Waals surface area contributed by atoms with Crippen molar-refractivity contribution in [1.82, 2.24) is 0 Å². The Morgan fingerprint density at radius 1 is 1.13 bits per heavy atom. The maximum Gasteiger partial charge on any atom is 0.368 e. The Hall–Kier alpha value is -2.59. The topological polar surface area (TPSA) is 47.9 Å². The van der Waals surface area contributed by atoms with Gasteiger partial charge in [0, 0.05) is 10.6 Å². The van der Waals surface area contributed by atoms with E-state index in [9.17, 15) is 4.79 Å². The number of oxime groups is 1. The minimum absolute atomic E-state index is 0.413. The summed E-state index contributed by atoms with van der Waals surface area (Å²) >= 11 is 5.89. The summed E-state index contributed by atoms with van der Waals surface area (Å²) in [7, 11) is 0. The molecule has 0 aliphatic carbocycles. The Morgan fingerprint density at radius 3 is 2.48 bits per heavy atom. The number of nitrogens with zero attached hydrogens (tertiary/aromatic N) is 1. The van der Waals surface area contributed by atoms with E-state index in [2.05, 4.69) is 5.16 Å². The number of carbonyl (C=O) groups excluding carboxylic acids is 1. The van der Waals surface area contributed by atoms with Crippen LogP contribution in [-0.4, -0.2) is 18.3 Å². The normalized spacial score (nSPS) is 15.5. The summed E-state index contributed by atoms with van der Waals surface area (Å²) in [5.41, 5.74) is 2.55. The van der Waals surface area contributed by atoms with Crippen molar-refractivity contribution in [2.24, 2.45) is 5.16 Å². The van der Waals surface area contributed by atoms with Crippen molar-refractivity contribution in [1.29, 1.82) is 0 Å². The number of hydrogen-bond acceptors (Lipinski definition) is 4. The van der Waals surface area contributed by atoms with Crippen LogP contribution in [0.5, 0.6) is 5.75 Å². The average molecular weight is 328 g/mol. The van der Waals surface area contributed by atoms with E-state index in [4.69, 9.17) is 21.2 Å². The molecule has 0 saturated carbocycles. The summed E-state index contributed by atoms with van der Waals surface area (Å²) in [4.78, 5) is 16.8. The van der Waals surface area contributed by atoms with Gasteiger partial charge in [0.2, 0.25) is 0 Å². The second-order valence-electron chi connectivity index (χ2n) is 4.89. The van der Waals surface area contributed by atoms with Gasteiger partial charge in [-0.3, -0.25) is 0 Å². The van der Waals surface area contributed by atoms with Gasteiger partial charge in [-0.05, 0) is 42.8 Å². The Kier molecular flexibility index (Phi) is 4.44. The lowest BCUT2D eigenvalue weighted by Gasteiger charge is -2.04. The molecule has 4 nitrogen and oxygen atoms in total. The molecule has 0 fully saturated rings. The zero-order chi connectivity index (χ0) is 16.2. The lowest BCUT2D eigenvalue weighted by molar-refractivity contribution is -0.136. The lowest BCUT2D eigenvalue weighted by Crippen LogP contribution is -2.06. The first-order valence-corrected chi connectivity index (χ1v) is 7.55. The molecule has 1 heterocycles. The number of rotatable bonds is 4. The molecule has 2 aromatic carbocycles. The molecule has 1 aliphatic rings. The van der Waals surface area contributed by atoms with Gasteiger partial charge in [-0.2, -0.15) is 0 Å². The van der Waals surface area contributed by atoms with E-state index in [-0.39, 0.29) is 0 Å². The molecule has 116 valence electrons. The van der Waals surface area contributed by atoms with E-state index in [1.54, 1.807) is 30.3 Å². The van der Waals surface area contributed by atoms with Crippen molar-refractivity contribution in [2.75, 3.05) is 6.61 Å². The van der Waals surface area contributed by atoms with Crippen LogP contribution in [0.1, 0.15) is 18.1 Å². The van der Waals surface area contributed by atoms with Gasteiger partial charge in [-0.15, -0.1) is 0 Å². The van der Waals surface area contributed by atoms with Gasteiger partial charge in [0.15, 0.2) is 0 Å². The first-order chi connectivity index (χ1) is 11.2. The monoisotopic (exact) mass is 327 g/mol. The summed E-state index contributed by atoms with van der Waals surface area (Å²) in [5.74, 6) is 0.319. The van der Waals surface area contributed by atoms with Crippen LogP contribution in [0, 0.1) is 0 Å². The second-order valence-corrected chi connectivity index (χ2v) is 5.32. The molecule has 23 heavy (non-hydrogen) atoms. The first kappa shape index (κ1) is 15.3. The maximum atomic E-state index is 11.9. The molecule has 3 rings (SSSR count). The van der Waals surface area contributed by atoms with Gasteiger partial charge in [0.25, 0.3) is 0 Å². The van der Waals surface area contributed by atoms with Crippen LogP contribution >= 0.6 is 11.6 Å². The average Bonchev–Trinajstić information content (AvgIpc) is 2.91. The van der Waals surface area contributed by atoms with Gasteiger partial charge < -0.3 is 9.57 Å². The van der Waals surface area contributed by atoms with Crippen molar-refractivity contribution in [3.05, 3.63) is 70.3 Å². The molecule has 1 aliphatic heterocycles. The number of hydrogen-bond donors (Lipinski definition) is 0. The van der Waals surface area contributed by atoms with Crippen LogP contribution in [0.3, 0.4) is 0 Å². The molecule has 0 amide bonds. The summed E-state index contributed by atoms with van der Waals surface area (Å²) in [6.45, 7) is 2.54. The Labute approximate surface area is 139 Å². The Balaban J connectivity index is 1.91. The maximum absolute atomic E-state index is 11.9. The minimum Gasteiger partial charge on any atom is -0.494 e. The molecule has 0 spiro atoms. The highest BCUT2D eigenvalue weighted by Gasteiger charge is 2.26. The van der Waals surface area contributed by atoms with E-state index in [1.165, 1.54) is 0 Å². The van der Waals surface area contributed by atoms with Crippen LogP contribution in [0.15, 0.2) is 59.3 Å². The number of ether oxygens (including phenoxy) is 1. The molecule has 0 saturated heterocycles. The highest BCUT2D eigenvalue weighted by Crippen LogP contribution is 2.23. The van der Waals surface area contributed by atoms with Crippen LogP contribution in [-0.2, 0) is 9.63 Å². The van der Waals surface area contributed by atoms with Gasteiger partial charge >= 0.3 is 5.97 Å². The fourth-order valence-electron chi connectivity index (χ4n) is 2.22. The van der Waals surface area contributed by atoms with E-state index in [0.29, 0.717) is 22.9 Å². The van der Waals surface area contributed by atoms with E-state index in [0.717, 1.165) is 16.9 Å². The fraction of sp³-hybridized carbons (Fsp3) is 0.111. The molecule has 0 atom stereocenters. The number of halogens is 1. The van der Waals surface area contributed by atoms with Gasteiger partial charge in [-0.1, -0.05) is 41.0 Å². The molecule has 0 radical (unpaired) electrons. The Morgan fingerprint density at radius 2 is 1.83 bits per heavy atom. The van der Waals surface area contributed by atoms with E-state index in [1.807, 2.05) is 31.2 Å². The fourth-order valence-corrected chi connectivity index (χ4v) is 2.34. The lowest BCUT2D eigenvalue weighted by atomic mass is 10.0. The van der Waals surface area contributed by atoms with Crippen LogP contribution in [0.25, 0.3) is 6.08 Å². The molecule has 0 bridgehead atoms. The summed E-state index contributed by atoms with van der Waals surface area (Å²) < 4.78 is 5.41. The van der Waals surface area contributed by atoms with Crippen molar-refractivity contribution in [3.63, 3.8) is 0 Å². The highest BCUT2D eigenvalue weighted by molar-refractivity contribution is 6.32. The highest BCUT2D eigenvalue weighted by atomic mass is 35.5. The summed E-state index contributed by atoms with van der Waals surface area (Å²) in [5, 5.41) is 4.49. The van der Waals surface area contributed by atoms with Crippen LogP contribution < -0.4 is 4.74 Å². The van der Waals surface area contributed by atoms with Crippen molar-refractivity contribution >= 4 is 29.4 Å². The van der Waals surface area contributed by atoms with Crippen molar-refractivity contribution in [2.45, 2.75) is 6.92 Å². The third-order valence-corrected chi connectivity index (χ3v) is 3.57. The van der Waals surface area contributed by atoms with Gasteiger partial charge in [-0.25, -0.2) is 4.79 Å². The Bertz CT molecular complexity index is 777. The quantitative estimate of drug-likeness (QED) is 0.628. The third-order valence-electron chi connectivity index (χ3n) is 3.31. The summed E-state index contributed by atoms with van der Waals surface area (Å²) in [6.07, 6.45) is 1.75. The number of carbonyl (C=O) groups is 1. The third kappa shape index (κ3) is 3.43. The predicted octanol–water partition coefficient (Wildman–Crippen LogP) is 4.08. The van der Waals surface area contributed by atoms with Crippen LogP contribution in [0.2, 0.25) is 5.02 Å². The van der Waals surface area contributed by atoms with Gasteiger partial charge in [0.1, 0.15) is 11.5 Å². The van der Waals surface area contributed by atoms with Gasteiger partial charge in [0.05, 0.1) is 12.2 Å². The largest absolute Gasteiger partial charge is 0.494 e. The predicted molar refractivity (Wildman–Crippen MR) is 89.7 cm³/mol. The molecule has 0 aromatic heterocycles.